The molecule has 3 N–H and O–H groups in total. The summed E-state index contributed by atoms with van der Waals surface area (Å²) in [6.07, 6.45) is 11.7. The quantitative estimate of drug-likeness (QED) is 0.0269. The molecule has 0 aliphatic carbocycles. The number of imidazole rings is 1. The molecule has 0 saturated carbocycles. The molecule has 3 aromatic carbocycles. The lowest BCUT2D eigenvalue weighted by atomic mass is 10.1. The fraction of sp³-hybridized carbons (Fsp3) is 0.378. The van der Waals surface area contributed by atoms with E-state index in [2.05, 4.69) is 22.2 Å². The number of halogens is 1. The van der Waals surface area contributed by atoms with Crippen molar-refractivity contribution in [3.8, 4) is 5.75 Å². The predicted molar refractivity (Wildman–Crippen MR) is 192 cm³/mol. The van der Waals surface area contributed by atoms with E-state index in [0.29, 0.717) is 23.4 Å². The number of fused-ring (bicyclic) bond motifs is 1. The minimum absolute atomic E-state index is 0.0628. The number of nitrogens with one attached hydrogen (secondary N) is 2. The van der Waals surface area contributed by atoms with Gasteiger partial charge >= 0.3 is 11.9 Å². The number of carboxylic acids is 1. The number of anilines is 1. The van der Waals surface area contributed by atoms with Gasteiger partial charge in [0.1, 0.15) is 5.75 Å². The van der Waals surface area contributed by atoms with E-state index in [-0.39, 0.29) is 32.6 Å². The standard InChI is InChI=1S/C37H42ClN3O7S/c1-3-4-5-6-7-8-9-10-11-12-21-48-36(46)26-15-19-28(38)30(23-26)39-34(43)33(32(42)24-13-17-27(47-2)18-14-24)49-37-40-29-20-16-25(35(44)45)22-31(29)41-37/h13-20,22-23,33H,3-12,21H2,1-2H3,(H,39,43)(H,40,41)(H,44,45). The molecule has 0 saturated heterocycles. The van der Waals surface area contributed by atoms with Crippen molar-refractivity contribution in [3.05, 3.63) is 82.4 Å². The summed E-state index contributed by atoms with van der Waals surface area (Å²) >= 11 is 7.29. The van der Waals surface area contributed by atoms with Crippen LogP contribution in [0.15, 0.2) is 65.8 Å². The Morgan fingerprint density at radius 1 is 0.857 bits per heavy atom. The van der Waals surface area contributed by atoms with Crippen LogP contribution in [-0.4, -0.2) is 57.7 Å². The number of nitrogens with zero attached hydrogens (tertiary/aromatic N) is 1. The molecule has 260 valence electrons. The number of thioether (sulfide) groups is 1. The van der Waals surface area contributed by atoms with Gasteiger partial charge in [0.15, 0.2) is 16.2 Å². The average molecular weight is 708 g/mol. The highest BCUT2D eigenvalue weighted by Gasteiger charge is 2.31. The third-order valence-corrected chi connectivity index (χ3v) is 9.39. The number of hydrogen-bond acceptors (Lipinski definition) is 8. The zero-order chi connectivity index (χ0) is 35.2. The number of carboxylic acid groups (broad SMARTS) is 1. The number of carbonyl (C=O) groups is 4. The summed E-state index contributed by atoms with van der Waals surface area (Å²) < 4.78 is 10.7. The van der Waals surface area contributed by atoms with Crippen molar-refractivity contribution >= 4 is 63.7 Å². The fourth-order valence-corrected chi connectivity index (χ4v) is 6.32. The highest BCUT2D eigenvalue weighted by atomic mass is 35.5. The van der Waals surface area contributed by atoms with Crippen molar-refractivity contribution in [3.63, 3.8) is 0 Å². The lowest BCUT2D eigenvalue weighted by Crippen LogP contribution is -2.33. The second-order valence-corrected chi connectivity index (χ2v) is 13.2. The zero-order valence-electron chi connectivity index (χ0n) is 27.8. The molecule has 49 heavy (non-hydrogen) atoms. The third kappa shape index (κ3) is 11.1. The Balaban J connectivity index is 1.41. The number of rotatable bonds is 20. The van der Waals surface area contributed by atoms with Gasteiger partial charge < -0.3 is 24.9 Å². The molecule has 1 unspecified atom stereocenters. The maximum Gasteiger partial charge on any atom is 0.338 e. The van der Waals surface area contributed by atoms with Gasteiger partial charge in [0.25, 0.3) is 0 Å². The average Bonchev–Trinajstić information content (AvgIpc) is 3.52. The Hall–Kier alpha value is -4.35. The maximum atomic E-state index is 13.8. The number of benzene rings is 3. The first-order valence-electron chi connectivity index (χ1n) is 16.6. The smallest absolute Gasteiger partial charge is 0.338 e. The van der Waals surface area contributed by atoms with Gasteiger partial charge in [-0.25, -0.2) is 14.6 Å². The largest absolute Gasteiger partial charge is 0.497 e. The van der Waals surface area contributed by atoms with Crippen LogP contribution >= 0.6 is 23.4 Å². The van der Waals surface area contributed by atoms with Crippen LogP contribution in [0.1, 0.15) is 102 Å². The first-order chi connectivity index (χ1) is 23.7. The number of unbranched alkanes of at least 4 members (excludes halogenated alkanes) is 9. The van der Waals surface area contributed by atoms with Crippen molar-refractivity contribution in [2.45, 2.75) is 81.5 Å². The fourth-order valence-electron chi connectivity index (χ4n) is 5.20. The number of aromatic nitrogens is 2. The Labute approximate surface area is 295 Å². The van der Waals surface area contributed by atoms with Gasteiger partial charge in [-0.1, -0.05) is 88.1 Å². The van der Waals surface area contributed by atoms with Gasteiger partial charge in [-0.15, -0.1) is 0 Å². The van der Waals surface area contributed by atoms with E-state index in [1.54, 1.807) is 30.3 Å². The molecule has 4 aromatic rings. The third-order valence-electron chi connectivity index (χ3n) is 7.98. The van der Waals surface area contributed by atoms with Crippen LogP contribution in [0.4, 0.5) is 5.69 Å². The lowest BCUT2D eigenvalue weighted by molar-refractivity contribution is -0.115. The van der Waals surface area contributed by atoms with Crippen LogP contribution in [0.5, 0.6) is 5.75 Å². The molecular weight excluding hydrogens is 666 g/mol. The molecule has 12 heteroatoms. The molecular formula is C37H42ClN3O7S. The topological polar surface area (TPSA) is 148 Å². The monoisotopic (exact) mass is 707 g/mol. The number of amides is 1. The van der Waals surface area contributed by atoms with E-state index in [1.165, 1.54) is 82.4 Å². The number of carbonyl (C=O) groups excluding carboxylic acids is 3. The summed E-state index contributed by atoms with van der Waals surface area (Å²) in [6, 6.07) is 15.2. The number of methoxy groups -OCH3 is 1. The van der Waals surface area contributed by atoms with Gasteiger partial charge in [0, 0.05) is 5.56 Å². The number of esters is 1. The molecule has 10 nitrogen and oxygen atoms in total. The minimum Gasteiger partial charge on any atom is -0.497 e. The first-order valence-corrected chi connectivity index (χ1v) is 17.8. The van der Waals surface area contributed by atoms with Crippen LogP contribution in [0, 0.1) is 0 Å². The molecule has 4 rings (SSSR count). The summed E-state index contributed by atoms with van der Waals surface area (Å²) in [5.74, 6) is -2.30. The minimum atomic E-state index is -1.34. The summed E-state index contributed by atoms with van der Waals surface area (Å²) in [4.78, 5) is 59.2. The molecule has 1 heterocycles. The second-order valence-electron chi connectivity index (χ2n) is 11.7. The molecule has 0 radical (unpaired) electrons. The Morgan fingerprint density at radius 3 is 2.14 bits per heavy atom. The second kappa shape index (κ2) is 19.0. The number of ether oxygens (including phenoxy) is 2. The molecule has 0 bridgehead atoms. The van der Waals surface area contributed by atoms with Gasteiger partial charge in [-0.2, -0.15) is 0 Å². The van der Waals surface area contributed by atoms with E-state index in [9.17, 15) is 24.3 Å². The maximum absolute atomic E-state index is 13.8. The first kappa shape index (κ1) is 37.5. The lowest BCUT2D eigenvalue weighted by Gasteiger charge is -2.16. The Bertz CT molecular complexity index is 1740. The van der Waals surface area contributed by atoms with Crippen LogP contribution in [0.3, 0.4) is 0 Å². The molecule has 1 aromatic heterocycles. The van der Waals surface area contributed by atoms with Gasteiger partial charge in [-0.3, -0.25) is 9.59 Å². The normalized spacial score (nSPS) is 11.7. The van der Waals surface area contributed by atoms with Crippen LogP contribution in [-0.2, 0) is 9.53 Å². The van der Waals surface area contributed by atoms with Crippen molar-refractivity contribution in [2.75, 3.05) is 19.0 Å². The summed E-state index contributed by atoms with van der Waals surface area (Å²) in [7, 11) is 1.51. The van der Waals surface area contributed by atoms with E-state index in [1.807, 2.05) is 0 Å². The van der Waals surface area contributed by atoms with Crippen LogP contribution in [0.25, 0.3) is 11.0 Å². The van der Waals surface area contributed by atoms with Crippen LogP contribution < -0.4 is 10.1 Å². The Morgan fingerprint density at radius 2 is 1.49 bits per heavy atom. The van der Waals surface area contributed by atoms with Crippen molar-refractivity contribution in [1.29, 1.82) is 0 Å². The summed E-state index contributed by atoms with van der Waals surface area (Å²) in [6.45, 7) is 2.51. The summed E-state index contributed by atoms with van der Waals surface area (Å²) in [5, 5.41) is 11.1. The number of hydrogen-bond donors (Lipinski definition) is 3. The highest BCUT2D eigenvalue weighted by Crippen LogP contribution is 2.30. The summed E-state index contributed by atoms with van der Waals surface area (Å²) in [5.41, 5.74) is 1.58. The van der Waals surface area contributed by atoms with E-state index < -0.39 is 28.9 Å². The number of H-pyrrole nitrogens is 1. The molecule has 0 fully saturated rings. The molecule has 1 atom stereocenters. The predicted octanol–water partition coefficient (Wildman–Crippen LogP) is 8.98. The van der Waals surface area contributed by atoms with Gasteiger partial charge in [0.05, 0.1) is 46.6 Å². The number of Topliss-reactive ketones (excluding diaryl/α,β-unsaturated/α-hetero) is 1. The zero-order valence-corrected chi connectivity index (χ0v) is 29.3. The Kier molecular flexibility index (Phi) is 14.5. The highest BCUT2D eigenvalue weighted by molar-refractivity contribution is 8.01. The number of ketones is 1. The van der Waals surface area contributed by atoms with Gasteiger partial charge in [-0.05, 0) is 67.1 Å². The van der Waals surface area contributed by atoms with E-state index in [0.717, 1.165) is 31.0 Å². The number of aromatic carboxylic acids is 1. The molecule has 1 amide bonds. The van der Waals surface area contributed by atoms with E-state index >= 15 is 0 Å². The molecule has 0 aliphatic heterocycles. The SMILES string of the molecule is CCCCCCCCCCCCOC(=O)c1ccc(Cl)c(NC(=O)C(Sc2nc3ccc(C(=O)O)cc3[nH]2)C(=O)c2ccc(OC)cc2)c1. The molecule has 0 spiro atoms. The number of aromatic amines is 1. The van der Waals surface area contributed by atoms with Crippen LogP contribution in [0.2, 0.25) is 5.02 Å². The van der Waals surface area contributed by atoms with Gasteiger partial charge in [0.2, 0.25) is 5.91 Å². The van der Waals surface area contributed by atoms with Crippen molar-refractivity contribution in [2.24, 2.45) is 0 Å². The van der Waals surface area contributed by atoms with Crippen molar-refractivity contribution in [1.82, 2.24) is 9.97 Å². The molecule has 0 aliphatic rings. The van der Waals surface area contributed by atoms with Crippen molar-refractivity contribution < 1.29 is 33.8 Å². The van der Waals surface area contributed by atoms with E-state index in [4.69, 9.17) is 21.1 Å².